The molecule has 0 saturated heterocycles. The topological polar surface area (TPSA) is 95.4 Å². The summed E-state index contributed by atoms with van der Waals surface area (Å²) in [6, 6.07) is 12.1. The van der Waals surface area contributed by atoms with Gasteiger partial charge < -0.3 is 13.7 Å². The van der Waals surface area contributed by atoms with E-state index in [1.165, 1.54) is 31.2 Å². The van der Waals surface area contributed by atoms with E-state index in [1.807, 2.05) is 0 Å². The number of carbonyl (C=O) groups is 1. The van der Waals surface area contributed by atoms with E-state index in [0.717, 1.165) is 0 Å². The zero-order valence-corrected chi connectivity index (χ0v) is 13.9. The maximum atomic E-state index is 13.9. The molecule has 134 valence electrons. The van der Waals surface area contributed by atoms with Gasteiger partial charge in [0.1, 0.15) is 22.7 Å². The number of fused-ring (bicyclic) bond motifs is 1. The van der Waals surface area contributed by atoms with Gasteiger partial charge in [0.05, 0.1) is 5.56 Å². The number of aromatic nitrogens is 2. The van der Waals surface area contributed by atoms with Crippen LogP contribution in [0.25, 0.3) is 33.8 Å². The van der Waals surface area contributed by atoms with Crippen LogP contribution in [0.3, 0.4) is 0 Å². The number of esters is 1. The third-order valence-electron chi connectivity index (χ3n) is 3.74. The highest BCUT2D eigenvalue weighted by Gasteiger charge is 2.18. The van der Waals surface area contributed by atoms with Gasteiger partial charge in [-0.15, -0.1) is 0 Å². The molecular formula is C19H11FN2O5. The van der Waals surface area contributed by atoms with Gasteiger partial charge in [0.2, 0.25) is 5.82 Å². The van der Waals surface area contributed by atoms with Gasteiger partial charge >= 0.3 is 11.6 Å². The van der Waals surface area contributed by atoms with Crippen molar-refractivity contribution in [3.05, 3.63) is 64.8 Å². The van der Waals surface area contributed by atoms with E-state index in [1.54, 1.807) is 24.3 Å². The smallest absolute Gasteiger partial charge is 0.349 e. The van der Waals surface area contributed by atoms with E-state index in [2.05, 4.69) is 10.1 Å². The maximum Gasteiger partial charge on any atom is 0.349 e. The molecule has 0 bridgehead atoms. The molecular weight excluding hydrogens is 355 g/mol. The second kappa shape index (κ2) is 6.49. The minimum absolute atomic E-state index is 0.0211. The predicted molar refractivity (Wildman–Crippen MR) is 92.5 cm³/mol. The third kappa shape index (κ3) is 3.20. The van der Waals surface area contributed by atoms with Crippen LogP contribution in [-0.2, 0) is 4.79 Å². The van der Waals surface area contributed by atoms with Gasteiger partial charge in [-0.2, -0.15) is 4.98 Å². The van der Waals surface area contributed by atoms with Crippen LogP contribution in [0.1, 0.15) is 6.92 Å². The number of hydrogen-bond donors (Lipinski definition) is 0. The first-order chi connectivity index (χ1) is 13.0. The van der Waals surface area contributed by atoms with Crippen molar-refractivity contribution in [3.63, 3.8) is 0 Å². The van der Waals surface area contributed by atoms with Crippen molar-refractivity contribution >= 4 is 16.9 Å². The summed E-state index contributed by atoms with van der Waals surface area (Å²) in [6.07, 6.45) is 0. The Bertz CT molecular complexity index is 1230. The highest BCUT2D eigenvalue weighted by Crippen LogP contribution is 2.26. The highest BCUT2D eigenvalue weighted by molar-refractivity contribution is 5.82. The Kier molecular flexibility index (Phi) is 4.00. The monoisotopic (exact) mass is 366 g/mol. The molecule has 0 atom stereocenters. The second-order valence-corrected chi connectivity index (χ2v) is 5.64. The molecule has 4 aromatic rings. The first-order valence-corrected chi connectivity index (χ1v) is 7.86. The van der Waals surface area contributed by atoms with E-state index < -0.39 is 17.4 Å². The minimum atomic E-state index is -0.716. The van der Waals surface area contributed by atoms with Crippen molar-refractivity contribution in [1.29, 1.82) is 0 Å². The van der Waals surface area contributed by atoms with Crippen LogP contribution < -0.4 is 10.4 Å². The van der Waals surface area contributed by atoms with Crippen LogP contribution in [0.5, 0.6) is 5.75 Å². The zero-order valence-electron chi connectivity index (χ0n) is 13.9. The maximum absolute atomic E-state index is 13.9. The van der Waals surface area contributed by atoms with Crippen LogP contribution >= 0.6 is 0 Å². The lowest BCUT2D eigenvalue weighted by molar-refractivity contribution is -0.131. The van der Waals surface area contributed by atoms with Crippen molar-refractivity contribution in [3.8, 4) is 28.6 Å². The number of nitrogens with zero attached hydrogens (tertiary/aromatic N) is 2. The molecule has 0 radical (unpaired) electrons. The molecule has 27 heavy (non-hydrogen) atoms. The van der Waals surface area contributed by atoms with Crippen LogP contribution in [0.4, 0.5) is 4.39 Å². The molecule has 0 aliphatic carbocycles. The lowest BCUT2D eigenvalue weighted by Gasteiger charge is -2.03. The van der Waals surface area contributed by atoms with Gasteiger partial charge in [0.25, 0.3) is 5.89 Å². The van der Waals surface area contributed by atoms with Crippen molar-refractivity contribution in [2.75, 3.05) is 0 Å². The molecule has 0 aliphatic heterocycles. The van der Waals surface area contributed by atoms with Gasteiger partial charge in [-0.1, -0.05) is 17.3 Å². The predicted octanol–water partition coefficient (Wildman–Crippen LogP) is 3.57. The Morgan fingerprint density at radius 1 is 1.11 bits per heavy atom. The Morgan fingerprint density at radius 3 is 2.70 bits per heavy atom. The van der Waals surface area contributed by atoms with Gasteiger partial charge in [-0.3, -0.25) is 4.79 Å². The summed E-state index contributed by atoms with van der Waals surface area (Å²) in [6.45, 7) is 1.27. The van der Waals surface area contributed by atoms with Crippen LogP contribution in [0, 0.1) is 5.82 Å². The number of rotatable bonds is 3. The lowest BCUT2D eigenvalue weighted by atomic mass is 10.1. The van der Waals surface area contributed by atoms with Crippen molar-refractivity contribution in [2.24, 2.45) is 0 Å². The number of carbonyl (C=O) groups excluding carboxylic acids is 1. The van der Waals surface area contributed by atoms with Gasteiger partial charge in [-0.05, 0) is 30.3 Å². The molecule has 0 aliphatic rings. The van der Waals surface area contributed by atoms with Gasteiger partial charge in [-0.25, -0.2) is 9.18 Å². The molecule has 4 rings (SSSR count). The Hall–Kier alpha value is -3.81. The molecule has 2 aromatic carbocycles. The van der Waals surface area contributed by atoms with E-state index >= 15 is 0 Å². The third-order valence-corrected chi connectivity index (χ3v) is 3.74. The summed E-state index contributed by atoms with van der Waals surface area (Å²) < 4.78 is 29.2. The van der Waals surface area contributed by atoms with Gasteiger partial charge in [0, 0.05) is 18.4 Å². The Morgan fingerprint density at radius 2 is 1.93 bits per heavy atom. The standard InChI is InChI=1S/C19H11FN2O5/c1-10(23)25-12-7-6-11-8-14(19(24)26-16(11)9-12)18-21-17(22-27-18)13-4-2-3-5-15(13)20/h2-9H,1H3. The van der Waals surface area contributed by atoms with E-state index in [0.29, 0.717) is 5.39 Å². The number of halogens is 1. The summed E-state index contributed by atoms with van der Waals surface area (Å²) in [5.41, 5.74) is -0.288. The molecule has 7 nitrogen and oxygen atoms in total. The van der Waals surface area contributed by atoms with E-state index in [4.69, 9.17) is 13.7 Å². The Labute approximate surface area is 151 Å². The summed E-state index contributed by atoms with van der Waals surface area (Å²) >= 11 is 0. The largest absolute Gasteiger partial charge is 0.427 e. The van der Waals surface area contributed by atoms with Crippen LogP contribution in [0.2, 0.25) is 0 Å². The first-order valence-electron chi connectivity index (χ1n) is 7.86. The quantitative estimate of drug-likeness (QED) is 0.311. The first kappa shape index (κ1) is 16.6. The SMILES string of the molecule is CC(=O)Oc1ccc2cc(-c3nc(-c4ccccc4F)no3)c(=O)oc2c1. The minimum Gasteiger partial charge on any atom is -0.427 e. The van der Waals surface area contributed by atoms with Crippen LogP contribution in [0.15, 0.2) is 62.3 Å². The molecule has 0 fully saturated rings. The molecule has 8 heteroatoms. The van der Waals surface area contributed by atoms with Crippen molar-refractivity contribution in [1.82, 2.24) is 10.1 Å². The van der Waals surface area contributed by atoms with Gasteiger partial charge in [0.15, 0.2) is 0 Å². The molecule has 0 amide bonds. The summed E-state index contributed by atoms with van der Waals surface area (Å²) in [4.78, 5) is 27.4. The molecule has 0 unspecified atom stereocenters. The van der Waals surface area contributed by atoms with Crippen LogP contribution in [-0.4, -0.2) is 16.1 Å². The highest BCUT2D eigenvalue weighted by atomic mass is 19.1. The summed E-state index contributed by atoms with van der Waals surface area (Å²) in [5, 5.41) is 4.29. The fourth-order valence-corrected chi connectivity index (χ4v) is 2.55. The lowest BCUT2D eigenvalue weighted by Crippen LogP contribution is -2.04. The fourth-order valence-electron chi connectivity index (χ4n) is 2.55. The second-order valence-electron chi connectivity index (χ2n) is 5.64. The average molecular weight is 366 g/mol. The normalized spacial score (nSPS) is 10.9. The number of ether oxygens (including phenoxy) is 1. The molecule has 0 saturated carbocycles. The molecule has 0 spiro atoms. The summed E-state index contributed by atoms with van der Waals surface area (Å²) in [7, 11) is 0. The Balaban J connectivity index is 1.76. The fraction of sp³-hybridized carbons (Fsp3) is 0.0526. The van der Waals surface area contributed by atoms with E-state index in [-0.39, 0.29) is 34.2 Å². The molecule has 2 heterocycles. The van der Waals surface area contributed by atoms with Crippen molar-refractivity contribution < 1.29 is 22.9 Å². The molecule has 2 aromatic heterocycles. The van der Waals surface area contributed by atoms with Crippen molar-refractivity contribution in [2.45, 2.75) is 6.92 Å². The summed E-state index contributed by atoms with van der Waals surface area (Å²) in [5.74, 6) is -0.806. The zero-order chi connectivity index (χ0) is 19.0. The number of hydrogen-bond acceptors (Lipinski definition) is 7. The van der Waals surface area contributed by atoms with E-state index in [9.17, 15) is 14.0 Å². The number of benzene rings is 2. The molecule has 0 N–H and O–H groups in total. The average Bonchev–Trinajstić information content (AvgIpc) is 3.10.